The summed E-state index contributed by atoms with van der Waals surface area (Å²) in [5, 5.41) is 9.80. The molecule has 9 heteroatoms. The summed E-state index contributed by atoms with van der Waals surface area (Å²) in [6.07, 6.45) is 2.52. The van der Waals surface area contributed by atoms with Crippen LogP contribution < -0.4 is 15.5 Å². The number of hydrogen-bond donors (Lipinski definition) is 2. The summed E-state index contributed by atoms with van der Waals surface area (Å²) in [7, 11) is 1.75. The normalized spacial score (nSPS) is 16.3. The molecule has 1 aliphatic heterocycles. The van der Waals surface area contributed by atoms with Gasteiger partial charge in [-0.3, -0.25) is 4.99 Å². The van der Waals surface area contributed by atoms with Crippen LogP contribution >= 0.6 is 35.3 Å². The van der Waals surface area contributed by atoms with Gasteiger partial charge in [-0.05, 0) is 18.6 Å². The van der Waals surface area contributed by atoms with Crippen LogP contribution in [0.25, 0.3) is 10.6 Å². The van der Waals surface area contributed by atoms with Crippen LogP contribution in [0.1, 0.15) is 12.1 Å². The van der Waals surface area contributed by atoms with E-state index in [9.17, 15) is 4.39 Å². The average molecular weight is 538 g/mol. The lowest BCUT2D eigenvalue weighted by Crippen LogP contribution is -2.44. The van der Waals surface area contributed by atoms with E-state index in [0.29, 0.717) is 24.9 Å². The van der Waals surface area contributed by atoms with Crippen LogP contribution in [-0.4, -0.2) is 42.1 Å². The molecule has 0 spiro atoms. The second kappa shape index (κ2) is 10.7. The number of nitrogens with zero attached hydrogens (tertiary/aromatic N) is 4. The first-order valence-corrected chi connectivity index (χ1v) is 10.4. The third kappa shape index (κ3) is 5.45. The van der Waals surface area contributed by atoms with Gasteiger partial charge in [0.1, 0.15) is 5.01 Å². The van der Waals surface area contributed by atoms with Gasteiger partial charge in [0.2, 0.25) is 0 Å². The van der Waals surface area contributed by atoms with Crippen molar-refractivity contribution in [3.8, 4) is 10.6 Å². The highest BCUT2D eigenvalue weighted by Gasteiger charge is 2.25. The van der Waals surface area contributed by atoms with Gasteiger partial charge in [-0.2, -0.15) is 0 Å². The molecule has 0 aliphatic carbocycles. The first-order chi connectivity index (χ1) is 14.2. The van der Waals surface area contributed by atoms with E-state index >= 15 is 0 Å². The van der Waals surface area contributed by atoms with Crippen molar-refractivity contribution in [2.45, 2.75) is 19.0 Å². The second-order valence-electron chi connectivity index (χ2n) is 6.82. The number of thiazole rings is 1. The minimum Gasteiger partial charge on any atom is -0.352 e. The van der Waals surface area contributed by atoms with Crippen LogP contribution in [0, 0.1) is 5.82 Å². The van der Waals surface area contributed by atoms with Gasteiger partial charge in [0.05, 0.1) is 12.2 Å². The van der Waals surface area contributed by atoms with Crippen LogP contribution in [0.3, 0.4) is 0 Å². The first kappa shape index (κ1) is 22.4. The van der Waals surface area contributed by atoms with E-state index in [2.05, 4.69) is 38.1 Å². The number of anilines is 1. The molecular formula is C21H24FIN6S. The average Bonchev–Trinajstić information content (AvgIpc) is 3.42. The maximum atomic E-state index is 14.0. The van der Waals surface area contributed by atoms with Crippen molar-refractivity contribution in [2.75, 3.05) is 25.0 Å². The van der Waals surface area contributed by atoms with E-state index in [4.69, 9.17) is 4.98 Å². The van der Waals surface area contributed by atoms with Gasteiger partial charge in [-0.15, -0.1) is 35.3 Å². The van der Waals surface area contributed by atoms with Gasteiger partial charge in [0.25, 0.3) is 0 Å². The predicted octanol–water partition coefficient (Wildman–Crippen LogP) is 3.91. The van der Waals surface area contributed by atoms with Gasteiger partial charge in [0, 0.05) is 43.3 Å². The third-order valence-corrected chi connectivity index (χ3v) is 5.74. The fourth-order valence-corrected chi connectivity index (χ4v) is 4.17. The van der Waals surface area contributed by atoms with Crippen LogP contribution in [0.15, 0.2) is 59.0 Å². The topological polar surface area (TPSA) is 65.4 Å². The molecule has 2 N–H and O–H groups in total. The third-order valence-electron chi connectivity index (χ3n) is 4.80. The zero-order chi connectivity index (χ0) is 20.1. The molecular weight excluding hydrogens is 514 g/mol. The molecule has 3 heterocycles. The number of nitrogens with one attached hydrogen (secondary N) is 2. The lowest BCUT2D eigenvalue weighted by molar-refractivity contribution is 0.612. The highest BCUT2D eigenvalue weighted by Crippen LogP contribution is 2.23. The monoisotopic (exact) mass is 538 g/mol. The Kier molecular flexibility index (Phi) is 7.97. The van der Waals surface area contributed by atoms with Crippen molar-refractivity contribution in [1.82, 2.24) is 20.6 Å². The standard InChI is InChI=1S/C21H23FN6S.HI/c1-23-21(25-12-17-14-29-20(26-17)15-6-3-2-4-7-15)27-16-9-11-28(13-16)19-18(22)8-5-10-24-19;/h2-8,10,14,16H,9,11-13H2,1H3,(H2,23,25,27);1H. The summed E-state index contributed by atoms with van der Waals surface area (Å²) in [5.41, 5.74) is 2.10. The van der Waals surface area contributed by atoms with E-state index in [-0.39, 0.29) is 35.8 Å². The summed E-state index contributed by atoms with van der Waals surface area (Å²) >= 11 is 1.63. The number of halogens is 2. The Hall–Kier alpha value is -2.27. The Morgan fingerprint density at radius 3 is 2.87 bits per heavy atom. The van der Waals surface area contributed by atoms with Crippen LogP contribution in [0.4, 0.5) is 10.2 Å². The molecule has 4 rings (SSSR count). The van der Waals surface area contributed by atoms with Gasteiger partial charge in [-0.25, -0.2) is 14.4 Å². The summed E-state index contributed by atoms with van der Waals surface area (Å²) in [6, 6.07) is 13.4. The van der Waals surface area contributed by atoms with Gasteiger partial charge < -0.3 is 15.5 Å². The van der Waals surface area contributed by atoms with Crippen molar-refractivity contribution in [3.63, 3.8) is 0 Å². The highest BCUT2D eigenvalue weighted by molar-refractivity contribution is 14.0. The molecule has 0 bridgehead atoms. The molecule has 1 aromatic carbocycles. The van der Waals surface area contributed by atoms with Gasteiger partial charge >= 0.3 is 0 Å². The van der Waals surface area contributed by atoms with E-state index in [0.717, 1.165) is 29.2 Å². The summed E-state index contributed by atoms with van der Waals surface area (Å²) in [5.74, 6) is 0.844. The number of benzene rings is 1. The molecule has 3 aromatic rings. The Morgan fingerprint density at radius 1 is 1.27 bits per heavy atom. The number of aromatic nitrogens is 2. The molecule has 1 fully saturated rings. The van der Waals surface area contributed by atoms with Crippen molar-refractivity contribution < 1.29 is 4.39 Å². The lowest BCUT2D eigenvalue weighted by Gasteiger charge is -2.19. The summed E-state index contributed by atoms with van der Waals surface area (Å²) < 4.78 is 14.0. The van der Waals surface area contributed by atoms with E-state index < -0.39 is 0 Å². The van der Waals surface area contributed by atoms with Gasteiger partial charge in [0.15, 0.2) is 17.6 Å². The SMILES string of the molecule is CN=C(NCc1csc(-c2ccccc2)n1)NC1CCN(c2ncccc2F)C1.I. The number of hydrogen-bond acceptors (Lipinski definition) is 5. The molecule has 0 amide bonds. The lowest BCUT2D eigenvalue weighted by atomic mass is 10.2. The Labute approximate surface area is 196 Å². The van der Waals surface area contributed by atoms with Crippen LogP contribution in [0.2, 0.25) is 0 Å². The zero-order valence-electron chi connectivity index (χ0n) is 16.6. The fourth-order valence-electron chi connectivity index (χ4n) is 3.34. The highest BCUT2D eigenvalue weighted by atomic mass is 127. The first-order valence-electron chi connectivity index (χ1n) is 9.55. The maximum absolute atomic E-state index is 14.0. The van der Waals surface area contributed by atoms with Crippen LogP contribution in [-0.2, 0) is 6.54 Å². The molecule has 0 saturated carbocycles. The molecule has 1 aliphatic rings. The molecule has 1 atom stereocenters. The zero-order valence-corrected chi connectivity index (χ0v) is 19.7. The Bertz CT molecular complexity index is 980. The van der Waals surface area contributed by atoms with E-state index in [1.54, 1.807) is 30.6 Å². The molecule has 158 valence electrons. The maximum Gasteiger partial charge on any atom is 0.191 e. The molecule has 30 heavy (non-hydrogen) atoms. The molecule has 1 saturated heterocycles. The van der Waals surface area contributed by atoms with E-state index in [1.807, 2.05) is 23.1 Å². The fraction of sp³-hybridized carbons (Fsp3) is 0.286. The van der Waals surface area contributed by atoms with Crippen molar-refractivity contribution >= 4 is 47.1 Å². The minimum atomic E-state index is -0.284. The van der Waals surface area contributed by atoms with Crippen LogP contribution in [0.5, 0.6) is 0 Å². The van der Waals surface area contributed by atoms with Crippen molar-refractivity contribution in [1.29, 1.82) is 0 Å². The summed E-state index contributed by atoms with van der Waals surface area (Å²) in [4.78, 5) is 15.1. The Balaban J connectivity index is 0.00000256. The predicted molar refractivity (Wildman–Crippen MR) is 131 cm³/mol. The Morgan fingerprint density at radius 2 is 2.10 bits per heavy atom. The number of pyridine rings is 1. The van der Waals surface area contributed by atoms with E-state index in [1.165, 1.54) is 6.07 Å². The molecule has 0 radical (unpaired) electrons. The van der Waals surface area contributed by atoms with Gasteiger partial charge in [-0.1, -0.05) is 30.3 Å². The largest absolute Gasteiger partial charge is 0.352 e. The molecule has 2 aromatic heterocycles. The number of guanidine groups is 1. The number of aliphatic imine (C=N–C) groups is 1. The molecule has 1 unspecified atom stereocenters. The smallest absolute Gasteiger partial charge is 0.191 e. The van der Waals surface area contributed by atoms with Crippen molar-refractivity contribution in [3.05, 3.63) is 65.6 Å². The molecule has 6 nitrogen and oxygen atoms in total. The van der Waals surface area contributed by atoms with Crippen molar-refractivity contribution in [2.24, 2.45) is 4.99 Å². The second-order valence-corrected chi connectivity index (χ2v) is 7.68. The number of rotatable bonds is 5. The summed E-state index contributed by atoms with van der Waals surface area (Å²) in [6.45, 7) is 2.03. The quantitative estimate of drug-likeness (QED) is 0.293. The minimum absolute atomic E-state index is 0.